The Morgan fingerprint density at radius 1 is 1.50 bits per heavy atom. The lowest BCUT2D eigenvalue weighted by atomic mass is 9.81. The average molecular weight is 335 g/mol. The second-order valence-corrected chi connectivity index (χ2v) is 7.21. The molecule has 1 saturated heterocycles. The van der Waals surface area contributed by atoms with Crippen LogP contribution in [0.3, 0.4) is 0 Å². The summed E-state index contributed by atoms with van der Waals surface area (Å²) in [6.45, 7) is 1.32. The van der Waals surface area contributed by atoms with Crippen LogP contribution in [0.1, 0.15) is 56.7 Å². The zero-order chi connectivity index (χ0) is 17.0. The van der Waals surface area contributed by atoms with E-state index in [4.69, 9.17) is 9.47 Å². The minimum absolute atomic E-state index is 0.00931. The molecule has 1 aromatic heterocycles. The Balaban J connectivity index is 1.62. The van der Waals surface area contributed by atoms with Crippen molar-refractivity contribution in [2.24, 2.45) is 12.5 Å². The third kappa shape index (κ3) is 3.64. The number of imidazole rings is 1. The highest BCUT2D eigenvalue weighted by Crippen LogP contribution is 2.41. The van der Waals surface area contributed by atoms with E-state index in [1.807, 2.05) is 17.8 Å². The second kappa shape index (κ2) is 7.66. The molecule has 2 fully saturated rings. The monoisotopic (exact) mass is 335 g/mol. The maximum atomic E-state index is 13.0. The van der Waals surface area contributed by atoms with E-state index in [1.165, 1.54) is 0 Å². The SMILES string of the molecule is COCCC1(C(=O)N[C@H]2CCO[C@@H](c3cncn3C)C2)CCCC1. The first-order valence-electron chi connectivity index (χ1n) is 9.02. The summed E-state index contributed by atoms with van der Waals surface area (Å²) < 4.78 is 13.1. The molecule has 0 bridgehead atoms. The Hall–Kier alpha value is -1.40. The Kier molecular flexibility index (Phi) is 5.56. The minimum Gasteiger partial charge on any atom is -0.385 e. The van der Waals surface area contributed by atoms with Crippen LogP contribution >= 0.6 is 0 Å². The summed E-state index contributed by atoms with van der Waals surface area (Å²) in [5.74, 6) is 0.215. The van der Waals surface area contributed by atoms with Crippen molar-refractivity contribution < 1.29 is 14.3 Å². The second-order valence-electron chi connectivity index (χ2n) is 7.21. The van der Waals surface area contributed by atoms with Crippen LogP contribution in [0, 0.1) is 5.41 Å². The summed E-state index contributed by atoms with van der Waals surface area (Å²) in [4.78, 5) is 17.1. The molecule has 1 N–H and O–H groups in total. The Morgan fingerprint density at radius 2 is 2.29 bits per heavy atom. The average Bonchev–Trinajstić information content (AvgIpc) is 3.23. The first-order valence-corrected chi connectivity index (χ1v) is 9.02. The van der Waals surface area contributed by atoms with Crippen LogP contribution in [0.15, 0.2) is 12.5 Å². The highest BCUT2D eigenvalue weighted by Gasteiger charge is 2.41. The molecule has 3 rings (SSSR count). The fourth-order valence-corrected chi connectivity index (χ4v) is 4.09. The van der Waals surface area contributed by atoms with Crippen LogP contribution in [-0.2, 0) is 21.3 Å². The number of aromatic nitrogens is 2. The van der Waals surface area contributed by atoms with Gasteiger partial charge in [0.15, 0.2) is 0 Å². The Labute approximate surface area is 143 Å². The number of nitrogens with one attached hydrogen (secondary N) is 1. The molecular weight excluding hydrogens is 306 g/mol. The fourth-order valence-electron chi connectivity index (χ4n) is 4.09. The van der Waals surface area contributed by atoms with E-state index in [1.54, 1.807) is 13.4 Å². The molecule has 2 atom stereocenters. The van der Waals surface area contributed by atoms with Gasteiger partial charge in [0.1, 0.15) is 6.10 Å². The third-order valence-electron chi connectivity index (χ3n) is 5.63. The standard InChI is InChI=1S/C18H29N3O3/c1-21-13-19-12-15(21)16-11-14(5-9-24-16)20-17(22)18(8-10-23-2)6-3-4-7-18/h12-14,16H,3-11H2,1-2H3,(H,20,22)/t14-,16+/m0/s1. The van der Waals surface area contributed by atoms with Gasteiger partial charge in [-0.2, -0.15) is 0 Å². The lowest BCUT2D eigenvalue weighted by Gasteiger charge is -2.34. The minimum atomic E-state index is -0.226. The van der Waals surface area contributed by atoms with Crippen LogP contribution in [0.4, 0.5) is 0 Å². The molecular formula is C18H29N3O3. The van der Waals surface area contributed by atoms with E-state index in [-0.39, 0.29) is 23.5 Å². The summed E-state index contributed by atoms with van der Waals surface area (Å²) in [5.41, 5.74) is 0.847. The number of methoxy groups -OCH3 is 1. The molecule has 24 heavy (non-hydrogen) atoms. The molecule has 0 radical (unpaired) electrons. The molecule has 2 heterocycles. The van der Waals surface area contributed by atoms with Crippen LogP contribution in [0.25, 0.3) is 0 Å². The molecule has 1 aliphatic heterocycles. The summed E-state index contributed by atoms with van der Waals surface area (Å²) in [5, 5.41) is 3.32. The van der Waals surface area contributed by atoms with Gasteiger partial charge in [0, 0.05) is 33.4 Å². The van der Waals surface area contributed by atoms with Crippen molar-refractivity contribution in [1.29, 1.82) is 0 Å². The van der Waals surface area contributed by atoms with Gasteiger partial charge in [-0.15, -0.1) is 0 Å². The molecule has 6 heteroatoms. The maximum Gasteiger partial charge on any atom is 0.226 e. The van der Waals surface area contributed by atoms with Gasteiger partial charge in [0.25, 0.3) is 0 Å². The number of amides is 1. The first-order chi connectivity index (χ1) is 11.6. The van der Waals surface area contributed by atoms with Gasteiger partial charge in [-0.25, -0.2) is 4.98 Å². The molecule has 1 amide bonds. The topological polar surface area (TPSA) is 65.4 Å². The molecule has 1 aliphatic carbocycles. The number of nitrogens with zero attached hydrogens (tertiary/aromatic N) is 2. The molecule has 1 saturated carbocycles. The number of rotatable bonds is 6. The summed E-state index contributed by atoms with van der Waals surface area (Å²) >= 11 is 0. The lowest BCUT2D eigenvalue weighted by Crippen LogP contribution is -2.47. The zero-order valence-corrected chi connectivity index (χ0v) is 14.8. The van der Waals surface area contributed by atoms with Gasteiger partial charge < -0.3 is 19.4 Å². The normalized spacial score (nSPS) is 26.4. The van der Waals surface area contributed by atoms with Crippen molar-refractivity contribution in [1.82, 2.24) is 14.9 Å². The van der Waals surface area contributed by atoms with E-state index < -0.39 is 0 Å². The highest BCUT2D eigenvalue weighted by molar-refractivity contribution is 5.83. The molecule has 1 aromatic rings. The van der Waals surface area contributed by atoms with Crippen LogP contribution in [-0.4, -0.2) is 41.8 Å². The van der Waals surface area contributed by atoms with Crippen molar-refractivity contribution in [3.8, 4) is 0 Å². The number of hydrogen-bond acceptors (Lipinski definition) is 4. The van der Waals surface area contributed by atoms with Crippen molar-refractivity contribution in [2.45, 2.75) is 57.1 Å². The van der Waals surface area contributed by atoms with Gasteiger partial charge in [-0.1, -0.05) is 12.8 Å². The van der Waals surface area contributed by atoms with Crippen LogP contribution in [0.5, 0.6) is 0 Å². The van der Waals surface area contributed by atoms with E-state index >= 15 is 0 Å². The van der Waals surface area contributed by atoms with Gasteiger partial charge in [0.05, 0.1) is 23.6 Å². The smallest absolute Gasteiger partial charge is 0.226 e. The van der Waals surface area contributed by atoms with Gasteiger partial charge >= 0.3 is 0 Å². The molecule has 6 nitrogen and oxygen atoms in total. The quantitative estimate of drug-likeness (QED) is 0.867. The molecule has 2 aliphatic rings. The number of carbonyl (C=O) groups is 1. The fraction of sp³-hybridized carbons (Fsp3) is 0.778. The maximum absolute atomic E-state index is 13.0. The van der Waals surface area contributed by atoms with E-state index in [2.05, 4.69) is 10.3 Å². The molecule has 134 valence electrons. The lowest BCUT2D eigenvalue weighted by molar-refractivity contribution is -0.133. The largest absolute Gasteiger partial charge is 0.385 e. The Bertz CT molecular complexity index is 551. The van der Waals surface area contributed by atoms with Crippen molar-refractivity contribution in [2.75, 3.05) is 20.3 Å². The van der Waals surface area contributed by atoms with Crippen molar-refractivity contribution in [3.63, 3.8) is 0 Å². The molecule has 0 spiro atoms. The van der Waals surface area contributed by atoms with Gasteiger partial charge in [0.2, 0.25) is 5.91 Å². The highest BCUT2D eigenvalue weighted by atomic mass is 16.5. The van der Waals surface area contributed by atoms with E-state index in [0.29, 0.717) is 13.2 Å². The Morgan fingerprint density at radius 3 is 2.96 bits per heavy atom. The number of ether oxygens (including phenoxy) is 2. The first kappa shape index (κ1) is 17.4. The predicted octanol–water partition coefficient (Wildman–Crippen LogP) is 2.35. The van der Waals surface area contributed by atoms with Crippen LogP contribution in [0.2, 0.25) is 0 Å². The summed E-state index contributed by atoms with van der Waals surface area (Å²) in [7, 11) is 3.68. The third-order valence-corrected chi connectivity index (χ3v) is 5.63. The van der Waals surface area contributed by atoms with Crippen molar-refractivity contribution in [3.05, 3.63) is 18.2 Å². The van der Waals surface area contributed by atoms with Gasteiger partial charge in [-0.05, 0) is 32.1 Å². The molecule has 0 unspecified atom stereocenters. The van der Waals surface area contributed by atoms with Gasteiger partial charge in [-0.3, -0.25) is 4.79 Å². The van der Waals surface area contributed by atoms with Crippen LogP contribution < -0.4 is 5.32 Å². The van der Waals surface area contributed by atoms with E-state index in [0.717, 1.165) is 50.6 Å². The number of aryl methyl sites for hydroxylation is 1. The predicted molar refractivity (Wildman–Crippen MR) is 90.5 cm³/mol. The van der Waals surface area contributed by atoms with E-state index in [9.17, 15) is 4.79 Å². The summed E-state index contributed by atoms with van der Waals surface area (Å²) in [6, 6.07) is 0.172. The van der Waals surface area contributed by atoms with Crippen molar-refractivity contribution >= 4 is 5.91 Å². The molecule has 0 aromatic carbocycles. The number of hydrogen-bond donors (Lipinski definition) is 1. The summed E-state index contributed by atoms with van der Waals surface area (Å²) in [6.07, 6.45) is 10.4. The zero-order valence-electron chi connectivity index (χ0n) is 14.8. The number of carbonyl (C=O) groups excluding carboxylic acids is 1.